The summed E-state index contributed by atoms with van der Waals surface area (Å²) in [6, 6.07) is 5.92. The van der Waals surface area contributed by atoms with Crippen molar-refractivity contribution in [3.05, 3.63) is 29.8 Å². The van der Waals surface area contributed by atoms with Crippen LogP contribution in [0.5, 0.6) is 0 Å². The molecule has 3 amide bonds. The van der Waals surface area contributed by atoms with Crippen molar-refractivity contribution in [3.8, 4) is 0 Å². The van der Waals surface area contributed by atoms with Crippen LogP contribution >= 0.6 is 0 Å². The number of hydrogen-bond donors (Lipinski definition) is 1. The first-order valence-electron chi connectivity index (χ1n) is 7.91. The molecule has 0 saturated carbocycles. The smallest absolute Gasteiger partial charge is 0.326 e. The van der Waals surface area contributed by atoms with Gasteiger partial charge in [0.2, 0.25) is 5.91 Å². The number of hydroxylamine groups is 2. The number of amides is 3. The zero-order valence-electron chi connectivity index (χ0n) is 14.5. The van der Waals surface area contributed by atoms with Gasteiger partial charge in [-0.3, -0.25) is 14.4 Å². The molecule has 0 atom stereocenters. The van der Waals surface area contributed by atoms with Crippen LogP contribution in [0, 0.1) is 0 Å². The number of carbonyl (C=O) groups is 4. The molecule has 1 N–H and O–H groups in total. The van der Waals surface area contributed by atoms with Crippen molar-refractivity contribution in [2.75, 3.05) is 5.32 Å². The number of nitrogens with one attached hydrogen (secondary N) is 1. The molecule has 7 heteroatoms. The maximum Gasteiger partial charge on any atom is 0.363 e. The predicted octanol–water partition coefficient (Wildman–Crippen LogP) is 2.92. The fourth-order valence-corrected chi connectivity index (χ4v) is 1.54. The second-order valence-corrected chi connectivity index (χ2v) is 4.43. The third-order valence-electron chi connectivity index (χ3n) is 2.71. The Bertz CT molecular complexity index is 555. The minimum absolute atomic E-state index is 0.105. The lowest BCUT2D eigenvalue weighted by atomic mass is 10.2. The average molecular weight is 336 g/mol. The van der Waals surface area contributed by atoms with E-state index in [1.807, 2.05) is 13.8 Å². The highest BCUT2D eigenvalue weighted by Gasteiger charge is 2.18. The van der Waals surface area contributed by atoms with Crippen LogP contribution in [0.15, 0.2) is 24.3 Å². The number of imide groups is 1. The lowest BCUT2D eigenvalue weighted by Gasteiger charge is -2.14. The molecule has 1 rings (SSSR count). The molecule has 0 radical (unpaired) electrons. The Balaban J connectivity index is 0.00000254. The monoisotopic (exact) mass is 336 g/mol. The molecule has 0 bridgehead atoms. The van der Waals surface area contributed by atoms with Gasteiger partial charge in [0.15, 0.2) is 0 Å². The van der Waals surface area contributed by atoms with Gasteiger partial charge >= 0.3 is 5.97 Å². The Morgan fingerprint density at radius 1 is 1.12 bits per heavy atom. The normalized spacial score (nSPS) is 9.17. The molecule has 0 aromatic heterocycles. The quantitative estimate of drug-likeness (QED) is 0.637. The van der Waals surface area contributed by atoms with Crippen molar-refractivity contribution >= 4 is 29.9 Å². The molecule has 0 heterocycles. The van der Waals surface area contributed by atoms with Crippen molar-refractivity contribution < 1.29 is 24.0 Å². The largest absolute Gasteiger partial charge is 0.363 e. The first-order chi connectivity index (χ1) is 11.5. The maximum absolute atomic E-state index is 11.9. The summed E-state index contributed by atoms with van der Waals surface area (Å²) in [6.45, 7) is 7.49. The molecule has 0 aliphatic carbocycles. The average Bonchev–Trinajstić information content (AvgIpc) is 2.61. The van der Waals surface area contributed by atoms with Gasteiger partial charge in [0.25, 0.3) is 12.3 Å². The molecule has 0 fully saturated rings. The van der Waals surface area contributed by atoms with Crippen LogP contribution in [0.1, 0.15) is 57.3 Å². The van der Waals surface area contributed by atoms with E-state index in [-0.39, 0.29) is 24.3 Å². The summed E-state index contributed by atoms with van der Waals surface area (Å²) in [6.07, 6.45) is 1.14. The number of nitrogens with zero attached hydrogens (tertiary/aromatic N) is 1. The molecule has 132 valence electrons. The van der Waals surface area contributed by atoms with Crippen molar-refractivity contribution in [1.82, 2.24) is 5.06 Å². The van der Waals surface area contributed by atoms with Gasteiger partial charge in [-0.25, -0.2) is 4.79 Å². The molecule has 1 aromatic rings. The molecule has 0 aliphatic rings. The van der Waals surface area contributed by atoms with E-state index in [0.717, 1.165) is 0 Å². The summed E-state index contributed by atoms with van der Waals surface area (Å²) in [5, 5.41) is 3.02. The Hall–Kier alpha value is -2.70. The van der Waals surface area contributed by atoms with Gasteiger partial charge in [0.05, 0.1) is 5.56 Å². The van der Waals surface area contributed by atoms with Crippen LogP contribution in [0.2, 0.25) is 0 Å². The number of hydrogen-bond acceptors (Lipinski definition) is 5. The Morgan fingerprint density at radius 2 is 1.71 bits per heavy atom. The van der Waals surface area contributed by atoms with Crippen molar-refractivity contribution in [2.24, 2.45) is 0 Å². The molecule has 7 nitrogen and oxygen atoms in total. The molecular formula is C17H24N2O5. The third kappa shape index (κ3) is 7.04. The van der Waals surface area contributed by atoms with Gasteiger partial charge < -0.3 is 10.2 Å². The third-order valence-corrected chi connectivity index (χ3v) is 2.71. The predicted molar refractivity (Wildman–Crippen MR) is 89.9 cm³/mol. The first kappa shape index (κ1) is 21.3. The van der Waals surface area contributed by atoms with Gasteiger partial charge in [-0.05, 0) is 30.7 Å². The van der Waals surface area contributed by atoms with Gasteiger partial charge in [0.1, 0.15) is 0 Å². The second-order valence-electron chi connectivity index (χ2n) is 4.43. The van der Waals surface area contributed by atoms with E-state index in [2.05, 4.69) is 5.32 Å². The number of carbonyl (C=O) groups excluding carboxylic acids is 4. The highest BCUT2D eigenvalue weighted by Crippen LogP contribution is 2.11. The first-order valence-corrected chi connectivity index (χ1v) is 7.91. The van der Waals surface area contributed by atoms with Crippen LogP contribution in [0.3, 0.4) is 0 Å². The van der Waals surface area contributed by atoms with E-state index in [9.17, 15) is 19.2 Å². The summed E-state index contributed by atoms with van der Waals surface area (Å²) in [5.74, 6) is -1.56. The van der Waals surface area contributed by atoms with Gasteiger partial charge in [-0.1, -0.05) is 27.7 Å². The zero-order valence-corrected chi connectivity index (χ0v) is 14.5. The van der Waals surface area contributed by atoms with Crippen molar-refractivity contribution in [1.29, 1.82) is 0 Å². The second kappa shape index (κ2) is 11.8. The van der Waals surface area contributed by atoms with E-state index in [1.54, 1.807) is 13.8 Å². The standard InChI is InChI=1S/C15H18N2O5.C2H6/c1-3-5-14(20)17(10-18)22-15(21)11-6-8-12(9-7-11)16-13(19)4-2;1-2/h6-10H,3-5H2,1-2H3,(H,16,19);1-2H3. The molecular weight excluding hydrogens is 312 g/mol. The fraction of sp³-hybridized carbons (Fsp3) is 0.412. The van der Waals surface area contributed by atoms with Gasteiger partial charge in [-0.2, -0.15) is 0 Å². The summed E-state index contributed by atoms with van der Waals surface area (Å²) in [7, 11) is 0. The Labute approximate surface area is 141 Å². The molecule has 24 heavy (non-hydrogen) atoms. The van der Waals surface area contributed by atoms with Gasteiger partial charge in [-0.15, -0.1) is 5.06 Å². The van der Waals surface area contributed by atoms with E-state index < -0.39 is 11.9 Å². The van der Waals surface area contributed by atoms with Crippen LogP contribution in [-0.2, 0) is 19.2 Å². The molecule has 0 unspecified atom stereocenters. The van der Waals surface area contributed by atoms with Crippen molar-refractivity contribution in [3.63, 3.8) is 0 Å². The highest BCUT2D eigenvalue weighted by molar-refractivity contribution is 5.94. The highest BCUT2D eigenvalue weighted by atomic mass is 16.7. The van der Waals surface area contributed by atoms with E-state index in [0.29, 0.717) is 23.6 Å². The van der Waals surface area contributed by atoms with E-state index in [4.69, 9.17) is 4.84 Å². The van der Waals surface area contributed by atoms with E-state index >= 15 is 0 Å². The summed E-state index contributed by atoms with van der Waals surface area (Å²) in [5.41, 5.74) is 0.698. The van der Waals surface area contributed by atoms with Gasteiger partial charge in [0, 0.05) is 18.5 Å². The zero-order chi connectivity index (χ0) is 18.5. The Kier molecular flexibility index (Phi) is 10.5. The topological polar surface area (TPSA) is 92.8 Å². The summed E-state index contributed by atoms with van der Waals surface area (Å²) < 4.78 is 0. The molecule has 0 saturated heterocycles. The number of rotatable bonds is 6. The SMILES string of the molecule is CC.CCCC(=O)N(C=O)OC(=O)c1ccc(NC(=O)CC)cc1. The Morgan fingerprint density at radius 3 is 2.17 bits per heavy atom. The lowest BCUT2D eigenvalue weighted by molar-refractivity contribution is -0.171. The van der Waals surface area contributed by atoms with Crippen LogP contribution in [-0.4, -0.2) is 29.3 Å². The molecule has 0 aliphatic heterocycles. The fourth-order valence-electron chi connectivity index (χ4n) is 1.54. The van der Waals surface area contributed by atoms with Crippen LogP contribution in [0.4, 0.5) is 5.69 Å². The lowest BCUT2D eigenvalue weighted by Crippen LogP contribution is -2.32. The summed E-state index contributed by atoms with van der Waals surface area (Å²) in [4.78, 5) is 50.1. The summed E-state index contributed by atoms with van der Waals surface area (Å²) >= 11 is 0. The van der Waals surface area contributed by atoms with Crippen LogP contribution in [0.25, 0.3) is 0 Å². The minimum Gasteiger partial charge on any atom is -0.326 e. The van der Waals surface area contributed by atoms with Crippen molar-refractivity contribution in [2.45, 2.75) is 47.0 Å². The number of anilines is 1. The molecule has 0 spiro atoms. The number of benzene rings is 1. The molecule has 1 aromatic carbocycles. The van der Waals surface area contributed by atoms with E-state index in [1.165, 1.54) is 24.3 Å². The minimum atomic E-state index is -0.829. The maximum atomic E-state index is 11.9. The van der Waals surface area contributed by atoms with Crippen LogP contribution < -0.4 is 5.32 Å².